The Hall–Kier alpha value is -1.97. The third-order valence-electron chi connectivity index (χ3n) is 2.54. The lowest BCUT2D eigenvalue weighted by molar-refractivity contribution is -0.142. The van der Waals surface area contributed by atoms with Gasteiger partial charge in [-0.15, -0.1) is 14.8 Å². The van der Waals surface area contributed by atoms with E-state index in [0.29, 0.717) is 31.0 Å². The van der Waals surface area contributed by atoms with Crippen LogP contribution in [0.25, 0.3) is 5.65 Å². The second kappa shape index (κ2) is 5.99. The number of hydrogen-bond acceptors (Lipinski definition) is 6. The molecule has 0 aromatic carbocycles. The Labute approximate surface area is 112 Å². The molecule has 0 aliphatic rings. The molecule has 2 aromatic heterocycles. The number of halogens is 3. The Balaban J connectivity index is 1.73. The second-order valence-corrected chi connectivity index (χ2v) is 4.38. The fourth-order valence-electron chi connectivity index (χ4n) is 1.69. The van der Waals surface area contributed by atoms with Crippen molar-refractivity contribution in [3.63, 3.8) is 0 Å². The van der Waals surface area contributed by atoms with Crippen LogP contribution in [0.3, 0.4) is 0 Å². The third-order valence-corrected chi connectivity index (χ3v) is 2.54. The number of alkyl halides is 3. The maximum Gasteiger partial charge on any atom is 0.401 e. The number of rotatable bonds is 6. The fourth-order valence-corrected chi connectivity index (χ4v) is 1.69. The van der Waals surface area contributed by atoms with Crippen LogP contribution in [0.5, 0.6) is 0 Å². The molecule has 0 aliphatic carbocycles. The predicted molar refractivity (Wildman–Crippen MR) is 65.2 cm³/mol. The van der Waals surface area contributed by atoms with Gasteiger partial charge in [-0.1, -0.05) is 0 Å². The average molecular weight is 289 g/mol. The van der Waals surface area contributed by atoms with Crippen molar-refractivity contribution < 1.29 is 13.2 Å². The summed E-state index contributed by atoms with van der Waals surface area (Å²) in [5.74, 6) is 0.572. The average Bonchev–Trinajstić information content (AvgIpc) is 2.79. The predicted octanol–water partition coefficient (Wildman–Crippen LogP) is 0.815. The molecule has 2 heterocycles. The van der Waals surface area contributed by atoms with Crippen molar-refractivity contribution in [3.05, 3.63) is 12.1 Å². The molecule has 0 radical (unpaired) electrons. The van der Waals surface area contributed by atoms with Crippen LogP contribution < -0.4 is 5.32 Å². The minimum absolute atomic E-state index is 0.347. The lowest BCUT2D eigenvalue weighted by atomic mass is 10.3. The van der Waals surface area contributed by atoms with Gasteiger partial charge in [-0.3, -0.25) is 4.90 Å². The third kappa shape index (κ3) is 4.30. The molecule has 7 nitrogen and oxygen atoms in total. The maximum absolute atomic E-state index is 12.1. The van der Waals surface area contributed by atoms with Gasteiger partial charge in [0.2, 0.25) is 0 Å². The van der Waals surface area contributed by atoms with E-state index in [1.165, 1.54) is 16.6 Å². The van der Waals surface area contributed by atoms with Gasteiger partial charge in [0.15, 0.2) is 5.65 Å². The van der Waals surface area contributed by atoms with Gasteiger partial charge in [0.25, 0.3) is 0 Å². The van der Waals surface area contributed by atoms with Gasteiger partial charge in [-0.2, -0.15) is 13.2 Å². The zero-order chi connectivity index (χ0) is 14.6. The highest BCUT2D eigenvalue weighted by atomic mass is 19.4. The zero-order valence-corrected chi connectivity index (χ0v) is 10.8. The summed E-state index contributed by atoms with van der Waals surface area (Å²) in [6.45, 7) is -0.0374. The minimum Gasteiger partial charge on any atom is -0.369 e. The van der Waals surface area contributed by atoms with Gasteiger partial charge >= 0.3 is 6.18 Å². The lowest BCUT2D eigenvalue weighted by Gasteiger charge is -2.18. The van der Waals surface area contributed by atoms with Gasteiger partial charge in [0.1, 0.15) is 5.82 Å². The molecule has 0 saturated heterocycles. The number of anilines is 1. The molecule has 0 bridgehead atoms. The van der Waals surface area contributed by atoms with Crippen LogP contribution in [0, 0.1) is 0 Å². The van der Waals surface area contributed by atoms with Gasteiger partial charge < -0.3 is 5.32 Å². The van der Waals surface area contributed by atoms with Gasteiger partial charge in [0.05, 0.1) is 6.54 Å². The lowest BCUT2D eigenvalue weighted by Crippen LogP contribution is -2.32. The van der Waals surface area contributed by atoms with E-state index < -0.39 is 12.7 Å². The van der Waals surface area contributed by atoms with E-state index in [1.54, 1.807) is 12.1 Å². The van der Waals surface area contributed by atoms with E-state index in [1.807, 2.05) is 0 Å². The molecule has 1 N–H and O–H groups in total. The summed E-state index contributed by atoms with van der Waals surface area (Å²) < 4.78 is 37.6. The fraction of sp³-hybridized carbons (Fsp3) is 0.600. The number of aromatic nitrogens is 5. The quantitative estimate of drug-likeness (QED) is 0.794. The molecular weight excluding hydrogens is 275 g/mol. The highest BCUT2D eigenvalue weighted by Crippen LogP contribution is 2.15. The molecule has 2 rings (SSSR count). The molecule has 110 valence electrons. The van der Waals surface area contributed by atoms with Crippen molar-refractivity contribution in [1.29, 1.82) is 0 Å². The monoisotopic (exact) mass is 289 g/mol. The summed E-state index contributed by atoms with van der Waals surface area (Å²) in [5, 5.41) is 17.9. The smallest absolute Gasteiger partial charge is 0.369 e. The Morgan fingerprint density at radius 3 is 2.90 bits per heavy atom. The van der Waals surface area contributed by atoms with E-state index in [-0.39, 0.29) is 0 Å². The summed E-state index contributed by atoms with van der Waals surface area (Å²) in [4.78, 5) is 1.24. The molecule has 0 aliphatic heterocycles. The SMILES string of the molecule is CN(CCCNc1ccc2nnnn2n1)CC(F)(F)F. The van der Waals surface area contributed by atoms with E-state index in [2.05, 4.69) is 25.9 Å². The van der Waals surface area contributed by atoms with Gasteiger partial charge in [-0.05, 0) is 42.6 Å². The first-order valence-corrected chi connectivity index (χ1v) is 5.99. The number of hydrogen-bond donors (Lipinski definition) is 1. The van der Waals surface area contributed by atoms with Crippen molar-refractivity contribution in [2.24, 2.45) is 0 Å². The molecule has 0 fully saturated rings. The number of nitrogens with one attached hydrogen (secondary N) is 1. The summed E-state index contributed by atoms with van der Waals surface area (Å²) >= 11 is 0. The summed E-state index contributed by atoms with van der Waals surface area (Å²) in [6, 6.07) is 3.41. The van der Waals surface area contributed by atoms with Crippen LogP contribution in [0.15, 0.2) is 12.1 Å². The van der Waals surface area contributed by atoms with Crippen LogP contribution in [0.2, 0.25) is 0 Å². The van der Waals surface area contributed by atoms with Crippen LogP contribution in [-0.2, 0) is 0 Å². The Bertz CT molecular complexity index is 553. The van der Waals surface area contributed by atoms with E-state index in [4.69, 9.17) is 0 Å². The normalized spacial score (nSPS) is 12.2. The first-order chi connectivity index (χ1) is 9.44. The summed E-state index contributed by atoms with van der Waals surface area (Å²) in [6.07, 6.45) is -3.59. The number of fused-ring (bicyclic) bond motifs is 1. The van der Waals surface area contributed by atoms with E-state index >= 15 is 0 Å². The Kier molecular flexibility index (Phi) is 4.32. The van der Waals surface area contributed by atoms with Crippen LogP contribution >= 0.6 is 0 Å². The Morgan fingerprint density at radius 2 is 2.15 bits per heavy atom. The van der Waals surface area contributed by atoms with Gasteiger partial charge in [0, 0.05) is 6.54 Å². The van der Waals surface area contributed by atoms with Gasteiger partial charge in [-0.25, -0.2) is 0 Å². The highest BCUT2D eigenvalue weighted by molar-refractivity contribution is 5.41. The minimum atomic E-state index is -4.16. The molecule has 0 unspecified atom stereocenters. The maximum atomic E-state index is 12.1. The molecule has 0 atom stereocenters. The second-order valence-electron chi connectivity index (χ2n) is 4.38. The van der Waals surface area contributed by atoms with Crippen molar-refractivity contribution in [2.45, 2.75) is 12.6 Å². The largest absolute Gasteiger partial charge is 0.401 e. The first kappa shape index (κ1) is 14.4. The van der Waals surface area contributed by atoms with Crippen LogP contribution in [0.1, 0.15) is 6.42 Å². The topological polar surface area (TPSA) is 71.2 Å². The number of nitrogens with zero attached hydrogens (tertiary/aromatic N) is 6. The van der Waals surface area contributed by atoms with Crippen molar-refractivity contribution in [3.8, 4) is 0 Å². The zero-order valence-electron chi connectivity index (χ0n) is 10.8. The number of tetrazole rings is 1. The molecule has 0 amide bonds. The molecular formula is C10H14F3N7. The highest BCUT2D eigenvalue weighted by Gasteiger charge is 2.28. The van der Waals surface area contributed by atoms with Crippen molar-refractivity contribution in [1.82, 2.24) is 30.2 Å². The molecule has 0 saturated carbocycles. The van der Waals surface area contributed by atoms with Crippen LogP contribution in [-0.4, -0.2) is 63.0 Å². The van der Waals surface area contributed by atoms with Crippen LogP contribution in [0.4, 0.5) is 19.0 Å². The first-order valence-electron chi connectivity index (χ1n) is 5.99. The Morgan fingerprint density at radius 1 is 1.35 bits per heavy atom. The summed E-state index contributed by atoms with van der Waals surface area (Å²) in [5.41, 5.74) is 0.528. The molecule has 2 aromatic rings. The van der Waals surface area contributed by atoms with E-state index in [9.17, 15) is 13.2 Å². The molecule has 10 heteroatoms. The van der Waals surface area contributed by atoms with Crippen molar-refractivity contribution in [2.75, 3.05) is 32.0 Å². The summed E-state index contributed by atoms with van der Waals surface area (Å²) in [7, 11) is 1.44. The van der Waals surface area contributed by atoms with E-state index in [0.717, 1.165) is 0 Å². The van der Waals surface area contributed by atoms with Crippen molar-refractivity contribution >= 4 is 11.5 Å². The molecule has 0 spiro atoms. The standard InChI is InChI=1S/C10H14F3N7/c1-19(7-10(11,12)13)6-2-5-14-8-3-4-9-15-17-18-20(9)16-8/h3-4H,2,5-7H2,1H3,(H,14,16). The molecule has 20 heavy (non-hydrogen) atoms.